The van der Waals surface area contributed by atoms with Gasteiger partial charge in [0.15, 0.2) is 0 Å². The van der Waals surface area contributed by atoms with Crippen molar-refractivity contribution in [3.63, 3.8) is 0 Å². The molecule has 0 aliphatic carbocycles. The van der Waals surface area contributed by atoms with Gasteiger partial charge in [0, 0.05) is 34.3 Å². The van der Waals surface area contributed by atoms with E-state index in [4.69, 9.17) is 0 Å². The van der Waals surface area contributed by atoms with E-state index in [2.05, 4.69) is 21.2 Å². The Morgan fingerprint density at radius 1 is 1.15 bits per heavy atom. The molecule has 3 aromatic rings. The van der Waals surface area contributed by atoms with Crippen LogP contribution in [0.4, 0.5) is 5.69 Å². The SMILES string of the molecule is Cn1cc(C(=O)Nc2ccccc2)c2cc(Br)ccc21. The smallest absolute Gasteiger partial charge is 0.257 e. The number of rotatable bonds is 2. The molecule has 2 aromatic carbocycles. The van der Waals surface area contributed by atoms with E-state index in [0.29, 0.717) is 5.56 Å². The van der Waals surface area contributed by atoms with E-state index in [0.717, 1.165) is 21.1 Å². The van der Waals surface area contributed by atoms with Gasteiger partial charge in [-0.2, -0.15) is 0 Å². The zero-order valence-corrected chi connectivity index (χ0v) is 12.5. The van der Waals surface area contributed by atoms with Crippen molar-refractivity contribution in [2.45, 2.75) is 0 Å². The molecule has 3 nitrogen and oxygen atoms in total. The van der Waals surface area contributed by atoms with Crippen LogP contribution in [-0.4, -0.2) is 10.5 Å². The standard InChI is InChI=1S/C16H13BrN2O/c1-19-10-14(13-9-11(17)7-8-15(13)19)16(20)18-12-5-3-2-4-6-12/h2-10H,1H3,(H,18,20). The number of hydrogen-bond donors (Lipinski definition) is 1. The highest BCUT2D eigenvalue weighted by atomic mass is 79.9. The second-order valence-electron chi connectivity index (χ2n) is 4.64. The Balaban J connectivity index is 2.01. The molecular weight excluding hydrogens is 316 g/mol. The van der Waals surface area contributed by atoms with Gasteiger partial charge >= 0.3 is 0 Å². The van der Waals surface area contributed by atoms with Crippen LogP contribution in [0.15, 0.2) is 59.2 Å². The summed E-state index contributed by atoms with van der Waals surface area (Å²) in [6, 6.07) is 15.4. The van der Waals surface area contributed by atoms with Crippen molar-refractivity contribution in [1.29, 1.82) is 0 Å². The summed E-state index contributed by atoms with van der Waals surface area (Å²) >= 11 is 3.45. The topological polar surface area (TPSA) is 34.0 Å². The number of anilines is 1. The maximum atomic E-state index is 12.4. The zero-order valence-electron chi connectivity index (χ0n) is 10.9. The highest BCUT2D eigenvalue weighted by Gasteiger charge is 2.14. The fourth-order valence-electron chi connectivity index (χ4n) is 2.27. The second-order valence-corrected chi connectivity index (χ2v) is 5.55. The number of benzene rings is 2. The molecule has 3 rings (SSSR count). The minimum atomic E-state index is -0.0973. The van der Waals surface area contributed by atoms with Crippen LogP contribution in [-0.2, 0) is 7.05 Å². The molecule has 0 spiro atoms. The molecule has 1 aromatic heterocycles. The fourth-order valence-corrected chi connectivity index (χ4v) is 2.63. The molecule has 20 heavy (non-hydrogen) atoms. The lowest BCUT2D eigenvalue weighted by Gasteiger charge is -2.03. The maximum Gasteiger partial charge on any atom is 0.257 e. The molecule has 0 unspecified atom stereocenters. The summed E-state index contributed by atoms with van der Waals surface area (Å²) in [5.41, 5.74) is 2.50. The number of carbonyl (C=O) groups is 1. The maximum absolute atomic E-state index is 12.4. The Morgan fingerprint density at radius 3 is 2.65 bits per heavy atom. The average Bonchev–Trinajstić information content (AvgIpc) is 2.77. The van der Waals surface area contributed by atoms with Gasteiger partial charge in [-0.1, -0.05) is 34.1 Å². The van der Waals surface area contributed by atoms with Gasteiger partial charge in [0.05, 0.1) is 5.56 Å². The molecule has 0 bridgehead atoms. The minimum Gasteiger partial charge on any atom is -0.350 e. The van der Waals surface area contributed by atoms with E-state index in [-0.39, 0.29) is 5.91 Å². The fraction of sp³-hybridized carbons (Fsp3) is 0.0625. The first-order valence-corrected chi connectivity index (χ1v) is 7.05. The van der Waals surface area contributed by atoms with E-state index < -0.39 is 0 Å². The summed E-state index contributed by atoms with van der Waals surface area (Å²) in [7, 11) is 1.94. The number of nitrogens with one attached hydrogen (secondary N) is 1. The zero-order chi connectivity index (χ0) is 14.1. The molecule has 0 aliphatic rings. The van der Waals surface area contributed by atoms with Gasteiger partial charge in [0.25, 0.3) is 5.91 Å². The summed E-state index contributed by atoms with van der Waals surface area (Å²) in [4.78, 5) is 12.4. The van der Waals surface area contributed by atoms with Crippen molar-refractivity contribution in [2.75, 3.05) is 5.32 Å². The molecule has 1 N–H and O–H groups in total. The normalized spacial score (nSPS) is 10.7. The van der Waals surface area contributed by atoms with E-state index >= 15 is 0 Å². The van der Waals surface area contributed by atoms with Crippen molar-refractivity contribution in [3.05, 3.63) is 64.8 Å². The number of fused-ring (bicyclic) bond motifs is 1. The number of aryl methyl sites for hydroxylation is 1. The summed E-state index contributed by atoms with van der Waals surface area (Å²) in [6.45, 7) is 0. The Morgan fingerprint density at radius 2 is 1.90 bits per heavy atom. The number of para-hydroxylation sites is 1. The molecule has 0 radical (unpaired) electrons. The van der Waals surface area contributed by atoms with Gasteiger partial charge in [0.2, 0.25) is 0 Å². The van der Waals surface area contributed by atoms with Crippen molar-refractivity contribution in [2.24, 2.45) is 7.05 Å². The van der Waals surface area contributed by atoms with Crippen molar-refractivity contribution in [1.82, 2.24) is 4.57 Å². The first-order chi connectivity index (χ1) is 9.65. The molecule has 1 heterocycles. The number of amides is 1. The Hall–Kier alpha value is -2.07. The van der Waals surface area contributed by atoms with Gasteiger partial charge in [-0.15, -0.1) is 0 Å². The Bertz CT molecular complexity index is 778. The molecule has 0 aliphatic heterocycles. The monoisotopic (exact) mass is 328 g/mol. The molecule has 4 heteroatoms. The molecular formula is C16H13BrN2O. The third-order valence-corrected chi connectivity index (χ3v) is 3.72. The van der Waals surface area contributed by atoms with Gasteiger partial charge < -0.3 is 9.88 Å². The number of hydrogen-bond acceptors (Lipinski definition) is 1. The number of carbonyl (C=O) groups excluding carboxylic acids is 1. The summed E-state index contributed by atoms with van der Waals surface area (Å²) in [5, 5.41) is 3.86. The minimum absolute atomic E-state index is 0.0973. The van der Waals surface area contributed by atoms with E-state index in [1.807, 2.05) is 66.3 Å². The molecule has 0 fully saturated rings. The van der Waals surface area contributed by atoms with Crippen LogP contribution in [0.3, 0.4) is 0 Å². The second kappa shape index (κ2) is 5.13. The van der Waals surface area contributed by atoms with Crippen LogP contribution in [0.25, 0.3) is 10.9 Å². The lowest BCUT2D eigenvalue weighted by atomic mass is 10.1. The van der Waals surface area contributed by atoms with E-state index in [9.17, 15) is 4.79 Å². The third-order valence-electron chi connectivity index (χ3n) is 3.23. The van der Waals surface area contributed by atoms with Crippen LogP contribution in [0.5, 0.6) is 0 Å². The largest absolute Gasteiger partial charge is 0.350 e. The Labute approximate surface area is 125 Å². The molecule has 0 saturated heterocycles. The van der Waals surface area contributed by atoms with Crippen LogP contribution < -0.4 is 5.32 Å². The van der Waals surface area contributed by atoms with Crippen molar-refractivity contribution in [3.8, 4) is 0 Å². The lowest BCUT2D eigenvalue weighted by molar-refractivity contribution is 0.102. The average molecular weight is 329 g/mol. The number of nitrogens with zero attached hydrogens (tertiary/aromatic N) is 1. The highest BCUT2D eigenvalue weighted by molar-refractivity contribution is 9.10. The van der Waals surface area contributed by atoms with Crippen LogP contribution in [0.1, 0.15) is 10.4 Å². The molecule has 0 saturated carbocycles. The van der Waals surface area contributed by atoms with Gasteiger partial charge in [-0.05, 0) is 30.3 Å². The molecule has 1 amide bonds. The molecule has 100 valence electrons. The molecule has 0 atom stereocenters. The van der Waals surface area contributed by atoms with Gasteiger partial charge in [-0.25, -0.2) is 0 Å². The first kappa shape index (κ1) is 12.9. The number of aromatic nitrogens is 1. The van der Waals surface area contributed by atoms with Crippen LogP contribution in [0.2, 0.25) is 0 Å². The summed E-state index contributed by atoms with van der Waals surface area (Å²) in [5.74, 6) is -0.0973. The van der Waals surface area contributed by atoms with Crippen molar-refractivity contribution < 1.29 is 4.79 Å². The van der Waals surface area contributed by atoms with Crippen molar-refractivity contribution >= 4 is 38.4 Å². The number of halogens is 1. The lowest BCUT2D eigenvalue weighted by Crippen LogP contribution is -2.11. The highest BCUT2D eigenvalue weighted by Crippen LogP contribution is 2.25. The quantitative estimate of drug-likeness (QED) is 0.751. The van der Waals surface area contributed by atoms with E-state index in [1.54, 1.807) is 0 Å². The Kier molecular flexibility index (Phi) is 3.32. The van der Waals surface area contributed by atoms with Gasteiger partial charge in [0.1, 0.15) is 0 Å². The summed E-state index contributed by atoms with van der Waals surface area (Å²) in [6.07, 6.45) is 1.86. The van der Waals surface area contributed by atoms with Crippen LogP contribution in [0, 0.1) is 0 Å². The predicted molar refractivity (Wildman–Crippen MR) is 85.0 cm³/mol. The van der Waals surface area contributed by atoms with Gasteiger partial charge in [-0.3, -0.25) is 4.79 Å². The summed E-state index contributed by atoms with van der Waals surface area (Å²) < 4.78 is 2.92. The van der Waals surface area contributed by atoms with Crippen LogP contribution >= 0.6 is 15.9 Å². The van der Waals surface area contributed by atoms with E-state index in [1.165, 1.54) is 0 Å². The third kappa shape index (κ3) is 2.34. The predicted octanol–water partition coefficient (Wildman–Crippen LogP) is 4.19. The first-order valence-electron chi connectivity index (χ1n) is 6.26.